The van der Waals surface area contributed by atoms with Crippen molar-refractivity contribution in [1.29, 1.82) is 0 Å². The summed E-state index contributed by atoms with van der Waals surface area (Å²) in [5.41, 5.74) is -0.0668. The molecule has 0 atom stereocenters. The number of esters is 1. The summed E-state index contributed by atoms with van der Waals surface area (Å²) in [4.78, 5) is 21.6. The van der Waals surface area contributed by atoms with Gasteiger partial charge in [0.2, 0.25) is 0 Å². The van der Waals surface area contributed by atoms with Gasteiger partial charge in [0, 0.05) is 17.2 Å². The number of rotatable bonds is 5. The van der Waals surface area contributed by atoms with Gasteiger partial charge in [-0.15, -0.1) is 0 Å². The van der Waals surface area contributed by atoms with Crippen molar-refractivity contribution in [2.24, 2.45) is 0 Å². The lowest BCUT2D eigenvalue weighted by Gasteiger charge is -2.08. The number of hydrogen-bond donors (Lipinski definition) is 0. The van der Waals surface area contributed by atoms with E-state index in [1.165, 1.54) is 42.5 Å². The van der Waals surface area contributed by atoms with Crippen molar-refractivity contribution in [3.05, 3.63) is 62.6 Å². The van der Waals surface area contributed by atoms with Crippen molar-refractivity contribution in [3.63, 3.8) is 0 Å². The van der Waals surface area contributed by atoms with Gasteiger partial charge in [-0.1, -0.05) is 23.2 Å². The quantitative estimate of drug-likeness (QED) is 0.357. The summed E-state index contributed by atoms with van der Waals surface area (Å²) in [7, 11) is 0. The number of carbonyl (C=O) groups excluding carboxylic acids is 1. The van der Waals surface area contributed by atoms with Crippen LogP contribution in [0.5, 0.6) is 11.5 Å². The first-order valence-electron chi connectivity index (χ1n) is 5.98. The van der Waals surface area contributed by atoms with E-state index in [9.17, 15) is 14.9 Å². The molecule has 0 aromatic heterocycles. The van der Waals surface area contributed by atoms with E-state index in [0.717, 1.165) is 0 Å². The van der Waals surface area contributed by atoms with Crippen molar-refractivity contribution in [2.75, 3.05) is 6.61 Å². The lowest BCUT2D eigenvalue weighted by molar-refractivity contribution is -0.384. The zero-order chi connectivity index (χ0) is 16.1. The fraction of sp³-hybridized carbons (Fsp3) is 0.0714. The van der Waals surface area contributed by atoms with Crippen LogP contribution in [0, 0.1) is 10.1 Å². The Bertz CT molecular complexity index is 703. The second kappa shape index (κ2) is 7.11. The van der Waals surface area contributed by atoms with Crippen LogP contribution in [0.25, 0.3) is 0 Å². The maximum absolute atomic E-state index is 11.7. The van der Waals surface area contributed by atoms with Gasteiger partial charge in [-0.05, 0) is 30.3 Å². The van der Waals surface area contributed by atoms with Gasteiger partial charge < -0.3 is 9.47 Å². The molecule has 8 heteroatoms. The van der Waals surface area contributed by atoms with Crippen molar-refractivity contribution in [3.8, 4) is 11.5 Å². The largest absolute Gasteiger partial charge is 0.482 e. The minimum absolute atomic E-state index is 0.0668. The standard InChI is InChI=1S/C14H9Cl2NO5/c15-9-1-6-13(12(16)7-9)22-14(18)8-21-11-4-2-10(3-5-11)17(19)20/h1-7H,8H2. The summed E-state index contributed by atoms with van der Waals surface area (Å²) in [5, 5.41) is 11.1. The topological polar surface area (TPSA) is 78.7 Å². The molecule has 0 saturated carbocycles. The highest BCUT2D eigenvalue weighted by Crippen LogP contribution is 2.27. The number of benzene rings is 2. The SMILES string of the molecule is O=C(COc1ccc([N+](=O)[O-])cc1)Oc1ccc(Cl)cc1Cl. The van der Waals surface area contributed by atoms with Gasteiger partial charge in [0.25, 0.3) is 5.69 Å². The molecule has 114 valence electrons. The average molecular weight is 342 g/mol. The number of halogens is 2. The summed E-state index contributed by atoms with van der Waals surface area (Å²) in [5.74, 6) is -0.185. The third kappa shape index (κ3) is 4.34. The van der Waals surface area contributed by atoms with Crippen LogP contribution in [0.3, 0.4) is 0 Å². The van der Waals surface area contributed by atoms with Gasteiger partial charge in [0.1, 0.15) is 11.5 Å². The molecule has 0 fully saturated rings. The highest BCUT2D eigenvalue weighted by molar-refractivity contribution is 6.35. The van der Waals surface area contributed by atoms with Crippen LogP contribution in [-0.2, 0) is 4.79 Å². The monoisotopic (exact) mass is 341 g/mol. The number of hydrogen-bond acceptors (Lipinski definition) is 5. The van der Waals surface area contributed by atoms with Crippen LogP contribution >= 0.6 is 23.2 Å². The predicted octanol–water partition coefficient (Wildman–Crippen LogP) is 3.89. The summed E-state index contributed by atoms with van der Waals surface area (Å²) in [6, 6.07) is 9.78. The maximum Gasteiger partial charge on any atom is 0.349 e. The van der Waals surface area contributed by atoms with Gasteiger partial charge in [0.15, 0.2) is 6.61 Å². The Morgan fingerprint density at radius 3 is 2.41 bits per heavy atom. The van der Waals surface area contributed by atoms with E-state index >= 15 is 0 Å². The predicted molar refractivity (Wildman–Crippen MR) is 80.7 cm³/mol. The van der Waals surface area contributed by atoms with Crippen LogP contribution in [0.1, 0.15) is 0 Å². The van der Waals surface area contributed by atoms with Crippen molar-refractivity contribution in [2.45, 2.75) is 0 Å². The third-order valence-corrected chi connectivity index (χ3v) is 3.05. The summed E-state index contributed by atoms with van der Waals surface area (Å²) >= 11 is 11.6. The van der Waals surface area contributed by atoms with Crippen LogP contribution in [0.15, 0.2) is 42.5 Å². The molecular weight excluding hydrogens is 333 g/mol. The van der Waals surface area contributed by atoms with E-state index in [2.05, 4.69) is 0 Å². The number of nitro benzene ring substituents is 1. The number of carbonyl (C=O) groups is 1. The molecule has 0 unspecified atom stereocenters. The molecule has 0 N–H and O–H groups in total. The van der Waals surface area contributed by atoms with Crippen molar-refractivity contribution >= 4 is 34.9 Å². The van der Waals surface area contributed by atoms with Gasteiger partial charge in [-0.25, -0.2) is 4.79 Å². The number of nitro groups is 1. The van der Waals surface area contributed by atoms with Crippen molar-refractivity contribution in [1.82, 2.24) is 0 Å². The first-order chi connectivity index (χ1) is 10.5. The van der Waals surface area contributed by atoms with E-state index in [1.54, 1.807) is 0 Å². The number of nitrogens with zero attached hydrogens (tertiary/aromatic N) is 1. The molecule has 0 aliphatic heterocycles. The Balaban J connectivity index is 1.91. The smallest absolute Gasteiger partial charge is 0.349 e. The normalized spacial score (nSPS) is 10.1. The zero-order valence-corrected chi connectivity index (χ0v) is 12.5. The van der Waals surface area contributed by atoms with E-state index in [1.807, 2.05) is 0 Å². The minimum Gasteiger partial charge on any atom is -0.482 e. The summed E-state index contributed by atoms with van der Waals surface area (Å²) in [6.45, 7) is -0.364. The summed E-state index contributed by atoms with van der Waals surface area (Å²) < 4.78 is 10.2. The molecule has 0 aliphatic carbocycles. The van der Waals surface area contributed by atoms with Crippen LogP contribution in [-0.4, -0.2) is 17.5 Å². The molecule has 2 rings (SSSR count). The molecule has 22 heavy (non-hydrogen) atoms. The Morgan fingerprint density at radius 1 is 1.14 bits per heavy atom. The van der Waals surface area contributed by atoms with E-state index in [4.69, 9.17) is 32.7 Å². The van der Waals surface area contributed by atoms with E-state index in [-0.39, 0.29) is 23.1 Å². The van der Waals surface area contributed by atoms with Crippen molar-refractivity contribution < 1.29 is 19.2 Å². The average Bonchev–Trinajstić information content (AvgIpc) is 2.48. The Labute approximate surface area is 135 Å². The van der Waals surface area contributed by atoms with Gasteiger partial charge in [0.05, 0.1) is 9.95 Å². The van der Waals surface area contributed by atoms with E-state index in [0.29, 0.717) is 10.8 Å². The Kier molecular flexibility index (Phi) is 5.19. The molecule has 2 aromatic rings. The van der Waals surface area contributed by atoms with E-state index < -0.39 is 10.9 Å². The van der Waals surface area contributed by atoms with Crippen LogP contribution in [0.2, 0.25) is 10.0 Å². The molecule has 0 heterocycles. The number of ether oxygens (including phenoxy) is 2. The Morgan fingerprint density at radius 2 is 1.82 bits per heavy atom. The van der Waals surface area contributed by atoms with Gasteiger partial charge >= 0.3 is 5.97 Å². The first kappa shape index (κ1) is 16.1. The minimum atomic E-state index is -0.664. The number of non-ortho nitro benzene ring substituents is 1. The first-order valence-corrected chi connectivity index (χ1v) is 6.74. The molecular formula is C14H9Cl2NO5. The van der Waals surface area contributed by atoms with Gasteiger partial charge in [-0.3, -0.25) is 10.1 Å². The fourth-order valence-corrected chi connectivity index (χ4v) is 1.96. The molecule has 2 aromatic carbocycles. The highest BCUT2D eigenvalue weighted by atomic mass is 35.5. The lowest BCUT2D eigenvalue weighted by Crippen LogP contribution is -2.17. The molecule has 0 aliphatic rings. The second-order valence-electron chi connectivity index (χ2n) is 4.09. The maximum atomic E-state index is 11.7. The molecule has 6 nitrogen and oxygen atoms in total. The molecule has 0 radical (unpaired) electrons. The Hall–Kier alpha value is -2.31. The van der Waals surface area contributed by atoms with Crippen LogP contribution < -0.4 is 9.47 Å². The van der Waals surface area contributed by atoms with Gasteiger partial charge in [-0.2, -0.15) is 0 Å². The molecule has 0 spiro atoms. The fourth-order valence-electron chi connectivity index (χ4n) is 1.52. The zero-order valence-electron chi connectivity index (χ0n) is 11.0. The highest BCUT2D eigenvalue weighted by Gasteiger charge is 2.10. The molecule has 0 bridgehead atoms. The van der Waals surface area contributed by atoms with Crippen LogP contribution in [0.4, 0.5) is 5.69 Å². The molecule has 0 amide bonds. The second-order valence-corrected chi connectivity index (χ2v) is 4.93. The summed E-state index contributed by atoms with van der Waals surface area (Å²) in [6.07, 6.45) is 0. The lowest BCUT2D eigenvalue weighted by atomic mass is 10.3. The third-order valence-electron chi connectivity index (χ3n) is 2.52. The molecule has 0 saturated heterocycles.